The maximum absolute atomic E-state index is 12.5. The highest BCUT2D eigenvalue weighted by Crippen LogP contribution is 2.65. The van der Waals surface area contributed by atoms with Gasteiger partial charge in [0.2, 0.25) is 0 Å². The number of aliphatic hydroxyl groups is 1. The third-order valence-corrected chi connectivity index (χ3v) is 9.61. The van der Waals surface area contributed by atoms with E-state index >= 15 is 0 Å². The Morgan fingerprint density at radius 2 is 1.90 bits per heavy atom. The van der Waals surface area contributed by atoms with Gasteiger partial charge in [-0.3, -0.25) is 9.78 Å². The number of aliphatic hydroxyl groups excluding tert-OH is 1. The summed E-state index contributed by atoms with van der Waals surface area (Å²) >= 11 is 0. The average Bonchev–Trinajstić information content (AvgIpc) is 3.09. The fourth-order valence-corrected chi connectivity index (χ4v) is 7.89. The number of fused-ring (bicyclic) bond motifs is 5. The van der Waals surface area contributed by atoms with E-state index in [0.29, 0.717) is 22.8 Å². The molecule has 0 bridgehead atoms. The third-order valence-electron chi connectivity index (χ3n) is 9.61. The molecule has 7 atom stereocenters. The van der Waals surface area contributed by atoms with Crippen molar-refractivity contribution in [1.29, 1.82) is 0 Å². The van der Waals surface area contributed by atoms with Gasteiger partial charge in [-0.05, 0) is 99.0 Å². The first kappa shape index (κ1) is 20.2. The molecule has 1 aromatic heterocycles. The summed E-state index contributed by atoms with van der Waals surface area (Å²) in [5.41, 5.74) is 5.13. The van der Waals surface area contributed by atoms with E-state index in [1.807, 2.05) is 0 Å². The average molecular weight is 410 g/mol. The number of carbonyl (C=O) groups excluding carboxylic acids is 1. The van der Waals surface area contributed by atoms with Crippen molar-refractivity contribution in [2.24, 2.45) is 39.6 Å². The standard InChI is InChI=1S/C25H35N3O2/c1-24-11-7-18(29)15-17(24)3-4-19-20-5-6-22(25(20,2)12-8-21(19)24)27-28-23(30)16-9-13-26-14-10-16/h9-10,13-14,17-21,29H,3-8,11-12,15H2,1-2H3,(H,28,30)/b27-22-/t17-,18-,19+,20+,21+,24-,25+/m0/s1. The van der Waals surface area contributed by atoms with Crippen LogP contribution < -0.4 is 5.43 Å². The van der Waals surface area contributed by atoms with E-state index in [1.54, 1.807) is 24.5 Å². The van der Waals surface area contributed by atoms with Gasteiger partial charge in [0.05, 0.1) is 6.10 Å². The van der Waals surface area contributed by atoms with Crippen molar-refractivity contribution < 1.29 is 9.90 Å². The lowest BCUT2D eigenvalue weighted by molar-refractivity contribution is -0.113. The molecule has 4 fully saturated rings. The van der Waals surface area contributed by atoms with Crippen molar-refractivity contribution in [3.8, 4) is 0 Å². The van der Waals surface area contributed by atoms with E-state index in [1.165, 1.54) is 44.2 Å². The van der Waals surface area contributed by atoms with Crippen LogP contribution >= 0.6 is 0 Å². The molecule has 0 aliphatic heterocycles. The first-order valence-electron chi connectivity index (χ1n) is 11.9. The Kier molecular flexibility index (Phi) is 5.00. The van der Waals surface area contributed by atoms with E-state index in [9.17, 15) is 9.90 Å². The van der Waals surface area contributed by atoms with Gasteiger partial charge >= 0.3 is 0 Å². The molecule has 5 nitrogen and oxygen atoms in total. The van der Waals surface area contributed by atoms with Crippen LogP contribution in [0.1, 0.15) is 82.0 Å². The van der Waals surface area contributed by atoms with Crippen molar-refractivity contribution in [3.63, 3.8) is 0 Å². The van der Waals surface area contributed by atoms with Gasteiger partial charge in [0.15, 0.2) is 0 Å². The minimum Gasteiger partial charge on any atom is -0.393 e. The van der Waals surface area contributed by atoms with Crippen molar-refractivity contribution in [2.45, 2.75) is 77.7 Å². The Balaban J connectivity index is 1.33. The highest BCUT2D eigenvalue weighted by molar-refractivity contribution is 5.97. The van der Waals surface area contributed by atoms with Crippen LogP contribution in [0.4, 0.5) is 0 Å². The van der Waals surface area contributed by atoms with Gasteiger partial charge in [-0.2, -0.15) is 5.10 Å². The highest BCUT2D eigenvalue weighted by Gasteiger charge is 2.59. The van der Waals surface area contributed by atoms with Crippen LogP contribution in [0.3, 0.4) is 0 Å². The van der Waals surface area contributed by atoms with Gasteiger partial charge in [-0.25, -0.2) is 5.43 Å². The molecule has 0 radical (unpaired) electrons. The van der Waals surface area contributed by atoms with Crippen molar-refractivity contribution in [1.82, 2.24) is 10.4 Å². The number of pyridine rings is 1. The molecule has 0 unspecified atom stereocenters. The molecule has 30 heavy (non-hydrogen) atoms. The van der Waals surface area contributed by atoms with Gasteiger partial charge < -0.3 is 5.11 Å². The molecule has 1 amide bonds. The Hall–Kier alpha value is -1.75. The number of nitrogens with one attached hydrogen (secondary N) is 1. The Bertz CT molecular complexity index is 840. The predicted octanol–water partition coefficient (Wildman–Crippen LogP) is 4.57. The molecular weight excluding hydrogens is 374 g/mol. The lowest BCUT2D eigenvalue weighted by Gasteiger charge is -2.60. The van der Waals surface area contributed by atoms with Gasteiger partial charge in [0.25, 0.3) is 5.91 Å². The maximum atomic E-state index is 12.5. The van der Waals surface area contributed by atoms with Crippen molar-refractivity contribution in [3.05, 3.63) is 30.1 Å². The summed E-state index contributed by atoms with van der Waals surface area (Å²) in [7, 11) is 0. The topological polar surface area (TPSA) is 74.6 Å². The number of hydrogen-bond donors (Lipinski definition) is 2. The van der Waals surface area contributed by atoms with Crippen LogP contribution in [0.25, 0.3) is 0 Å². The van der Waals surface area contributed by atoms with Crippen LogP contribution in [0.5, 0.6) is 0 Å². The third kappa shape index (κ3) is 3.12. The second kappa shape index (κ2) is 7.44. The molecule has 1 aromatic rings. The first-order chi connectivity index (χ1) is 14.4. The molecule has 4 aliphatic carbocycles. The molecule has 4 saturated carbocycles. The van der Waals surface area contributed by atoms with Crippen molar-refractivity contribution >= 4 is 11.6 Å². The van der Waals surface area contributed by atoms with E-state index in [2.05, 4.69) is 29.4 Å². The summed E-state index contributed by atoms with van der Waals surface area (Å²) < 4.78 is 0. The minimum absolute atomic E-state index is 0.0808. The first-order valence-corrected chi connectivity index (χ1v) is 11.9. The summed E-state index contributed by atoms with van der Waals surface area (Å²) in [6, 6.07) is 3.44. The minimum atomic E-state index is -0.153. The molecule has 0 saturated heterocycles. The van der Waals surface area contributed by atoms with Gasteiger partial charge in [-0.1, -0.05) is 13.8 Å². The lowest BCUT2D eigenvalue weighted by atomic mass is 9.45. The number of hydrogen-bond acceptors (Lipinski definition) is 4. The lowest BCUT2D eigenvalue weighted by Crippen LogP contribution is -2.54. The zero-order valence-corrected chi connectivity index (χ0v) is 18.3. The van der Waals surface area contributed by atoms with Gasteiger partial charge in [-0.15, -0.1) is 0 Å². The number of nitrogens with zero attached hydrogens (tertiary/aromatic N) is 2. The van der Waals surface area contributed by atoms with E-state index in [-0.39, 0.29) is 17.4 Å². The summed E-state index contributed by atoms with van der Waals surface area (Å²) in [4.78, 5) is 16.4. The number of aromatic nitrogens is 1. The van der Waals surface area contributed by atoms with Crippen LogP contribution in [-0.4, -0.2) is 27.8 Å². The number of carbonyl (C=O) groups is 1. The monoisotopic (exact) mass is 409 g/mol. The molecule has 162 valence electrons. The normalized spacial score (nSPS) is 44.1. The highest BCUT2D eigenvalue weighted by atomic mass is 16.3. The smallest absolute Gasteiger partial charge is 0.271 e. The number of rotatable bonds is 2. The second-order valence-corrected chi connectivity index (χ2v) is 10.8. The summed E-state index contributed by atoms with van der Waals surface area (Å²) in [5.74, 6) is 2.77. The second-order valence-electron chi connectivity index (χ2n) is 10.8. The largest absolute Gasteiger partial charge is 0.393 e. The molecule has 0 spiro atoms. The Morgan fingerprint density at radius 3 is 2.70 bits per heavy atom. The summed E-state index contributed by atoms with van der Waals surface area (Å²) in [6.07, 6.45) is 13.6. The quantitative estimate of drug-likeness (QED) is 0.703. The number of hydrazone groups is 1. The molecule has 5 rings (SSSR count). The molecule has 4 aliphatic rings. The summed E-state index contributed by atoms with van der Waals surface area (Å²) in [5, 5.41) is 14.9. The molecule has 2 N–H and O–H groups in total. The van der Waals surface area contributed by atoms with E-state index < -0.39 is 0 Å². The molecule has 1 heterocycles. The Labute approximate surface area is 179 Å². The number of amides is 1. The van der Waals surface area contributed by atoms with Crippen LogP contribution in [0.15, 0.2) is 29.6 Å². The molecule has 5 heteroatoms. The maximum Gasteiger partial charge on any atom is 0.271 e. The summed E-state index contributed by atoms with van der Waals surface area (Å²) in [6.45, 7) is 4.93. The zero-order chi connectivity index (χ0) is 20.9. The predicted molar refractivity (Wildman–Crippen MR) is 117 cm³/mol. The SMILES string of the molecule is C[C@]12CC[C@H](O)C[C@@H]1CC[C@H]1[C@H]2CC[C@@]2(C)/C(=N\NC(=O)c3ccncc3)CC[C@H]12. The van der Waals surface area contributed by atoms with E-state index in [4.69, 9.17) is 0 Å². The fraction of sp³-hybridized carbons (Fsp3) is 0.720. The zero-order valence-electron chi connectivity index (χ0n) is 18.3. The van der Waals surface area contributed by atoms with E-state index in [0.717, 1.165) is 31.1 Å². The van der Waals surface area contributed by atoms with Crippen molar-refractivity contribution in [2.75, 3.05) is 0 Å². The van der Waals surface area contributed by atoms with Crippen LogP contribution in [0.2, 0.25) is 0 Å². The molecule has 0 aromatic carbocycles. The van der Waals surface area contributed by atoms with Crippen LogP contribution in [-0.2, 0) is 0 Å². The van der Waals surface area contributed by atoms with Crippen LogP contribution in [0, 0.1) is 34.5 Å². The van der Waals surface area contributed by atoms with Gasteiger partial charge in [0.1, 0.15) is 0 Å². The Morgan fingerprint density at radius 1 is 1.10 bits per heavy atom. The van der Waals surface area contributed by atoms with Gasteiger partial charge in [0, 0.05) is 29.1 Å². The molecular formula is C25H35N3O2. The fourth-order valence-electron chi connectivity index (χ4n) is 7.89.